The van der Waals surface area contributed by atoms with E-state index in [0.717, 1.165) is 25.2 Å². The molecule has 1 aliphatic rings. The lowest BCUT2D eigenvalue weighted by Gasteiger charge is -2.23. The van der Waals surface area contributed by atoms with Gasteiger partial charge in [0.15, 0.2) is 0 Å². The summed E-state index contributed by atoms with van der Waals surface area (Å²) >= 11 is 0. The van der Waals surface area contributed by atoms with Crippen LogP contribution in [0.1, 0.15) is 37.9 Å². The predicted octanol–water partition coefficient (Wildman–Crippen LogP) is 2.02. The standard InChI is InChI=1S/C15H26N4/c1-3-14(16)15-7-6-13(12-17-15)18(2)10-11-19-8-4-5-9-19/h6-7,12,14H,3-5,8-11,16H2,1-2H3. The maximum absolute atomic E-state index is 5.98. The maximum Gasteiger partial charge on any atom is 0.0572 e. The van der Waals surface area contributed by atoms with Gasteiger partial charge in [-0.3, -0.25) is 4.98 Å². The Morgan fingerprint density at radius 2 is 2.11 bits per heavy atom. The van der Waals surface area contributed by atoms with Crippen molar-refractivity contribution in [1.82, 2.24) is 9.88 Å². The molecule has 2 N–H and O–H groups in total. The van der Waals surface area contributed by atoms with Crippen LogP contribution in [-0.4, -0.2) is 43.1 Å². The number of likely N-dealkylation sites (tertiary alicyclic amines) is 1. The van der Waals surface area contributed by atoms with Crippen LogP contribution in [0.25, 0.3) is 0 Å². The third-order valence-corrected chi connectivity index (χ3v) is 3.98. The molecule has 1 aromatic rings. The summed E-state index contributed by atoms with van der Waals surface area (Å²) in [5, 5.41) is 0. The van der Waals surface area contributed by atoms with E-state index in [1.807, 2.05) is 6.20 Å². The van der Waals surface area contributed by atoms with E-state index >= 15 is 0 Å². The number of hydrogen-bond donors (Lipinski definition) is 1. The first-order valence-corrected chi connectivity index (χ1v) is 7.35. The van der Waals surface area contributed by atoms with Crippen molar-refractivity contribution in [2.24, 2.45) is 5.73 Å². The van der Waals surface area contributed by atoms with Gasteiger partial charge in [-0.1, -0.05) is 6.92 Å². The Kier molecular flexibility index (Phi) is 5.16. The molecule has 1 saturated heterocycles. The van der Waals surface area contributed by atoms with Crippen molar-refractivity contribution >= 4 is 5.69 Å². The molecular weight excluding hydrogens is 236 g/mol. The minimum absolute atomic E-state index is 0.0592. The Bertz CT molecular complexity index is 370. The molecule has 0 aromatic carbocycles. The first kappa shape index (κ1) is 14.3. The summed E-state index contributed by atoms with van der Waals surface area (Å²) in [6.45, 7) is 6.81. The third-order valence-electron chi connectivity index (χ3n) is 3.98. The monoisotopic (exact) mass is 262 g/mol. The van der Waals surface area contributed by atoms with Gasteiger partial charge in [-0.05, 0) is 44.5 Å². The van der Waals surface area contributed by atoms with Gasteiger partial charge in [0, 0.05) is 26.2 Å². The zero-order valence-electron chi connectivity index (χ0n) is 12.2. The molecule has 4 heteroatoms. The van der Waals surface area contributed by atoms with Crippen molar-refractivity contribution in [3.8, 4) is 0 Å². The molecule has 0 amide bonds. The van der Waals surface area contributed by atoms with E-state index in [1.165, 1.54) is 31.6 Å². The van der Waals surface area contributed by atoms with Crippen molar-refractivity contribution in [3.05, 3.63) is 24.0 Å². The smallest absolute Gasteiger partial charge is 0.0572 e. The second-order valence-electron chi connectivity index (χ2n) is 5.43. The Labute approximate surface area is 116 Å². The molecular formula is C15H26N4. The quantitative estimate of drug-likeness (QED) is 0.852. The highest BCUT2D eigenvalue weighted by Gasteiger charge is 2.12. The summed E-state index contributed by atoms with van der Waals surface area (Å²) in [5.41, 5.74) is 8.14. The van der Waals surface area contributed by atoms with Crippen LogP contribution in [0.15, 0.2) is 18.3 Å². The van der Waals surface area contributed by atoms with E-state index in [0.29, 0.717) is 0 Å². The van der Waals surface area contributed by atoms with E-state index in [2.05, 4.69) is 40.9 Å². The van der Waals surface area contributed by atoms with Crippen LogP contribution in [0.4, 0.5) is 5.69 Å². The van der Waals surface area contributed by atoms with Gasteiger partial charge in [-0.15, -0.1) is 0 Å². The summed E-state index contributed by atoms with van der Waals surface area (Å²) in [4.78, 5) is 9.27. The van der Waals surface area contributed by atoms with Gasteiger partial charge in [0.2, 0.25) is 0 Å². The van der Waals surface area contributed by atoms with Crippen LogP contribution >= 0.6 is 0 Å². The van der Waals surface area contributed by atoms with Gasteiger partial charge in [0.25, 0.3) is 0 Å². The van der Waals surface area contributed by atoms with Gasteiger partial charge < -0.3 is 15.5 Å². The Morgan fingerprint density at radius 1 is 1.37 bits per heavy atom. The summed E-state index contributed by atoms with van der Waals surface area (Å²) < 4.78 is 0. The van der Waals surface area contributed by atoms with Gasteiger partial charge >= 0.3 is 0 Å². The molecule has 1 atom stereocenters. The fourth-order valence-corrected chi connectivity index (χ4v) is 2.48. The van der Waals surface area contributed by atoms with E-state index in [1.54, 1.807) is 0 Å². The molecule has 1 fully saturated rings. The van der Waals surface area contributed by atoms with Crippen molar-refractivity contribution < 1.29 is 0 Å². The molecule has 2 heterocycles. The molecule has 0 spiro atoms. The van der Waals surface area contributed by atoms with Gasteiger partial charge in [0.05, 0.1) is 17.6 Å². The molecule has 106 valence electrons. The number of nitrogens with two attached hydrogens (primary N) is 1. The van der Waals surface area contributed by atoms with E-state index in [-0.39, 0.29) is 6.04 Å². The summed E-state index contributed by atoms with van der Waals surface area (Å²) in [6, 6.07) is 4.24. The second-order valence-corrected chi connectivity index (χ2v) is 5.43. The highest BCUT2D eigenvalue weighted by molar-refractivity contribution is 5.43. The van der Waals surface area contributed by atoms with Crippen LogP contribution in [0.3, 0.4) is 0 Å². The number of rotatable bonds is 6. The van der Waals surface area contributed by atoms with Crippen LogP contribution in [0.2, 0.25) is 0 Å². The van der Waals surface area contributed by atoms with E-state index < -0.39 is 0 Å². The Hall–Kier alpha value is -1.13. The number of likely N-dealkylation sites (N-methyl/N-ethyl adjacent to an activating group) is 1. The highest BCUT2D eigenvalue weighted by Crippen LogP contribution is 2.16. The second kappa shape index (κ2) is 6.87. The van der Waals surface area contributed by atoms with Crippen LogP contribution in [-0.2, 0) is 0 Å². The lowest BCUT2D eigenvalue weighted by Crippen LogP contribution is -2.31. The molecule has 19 heavy (non-hydrogen) atoms. The number of hydrogen-bond acceptors (Lipinski definition) is 4. The Morgan fingerprint density at radius 3 is 2.68 bits per heavy atom. The molecule has 4 nitrogen and oxygen atoms in total. The first-order valence-electron chi connectivity index (χ1n) is 7.35. The van der Waals surface area contributed by atoms with Crippen LogP contribution < -0.4 is 10.6 Å². The van der Waals surface area contributed by atoms with Gasteiger partial charge in [-0.2, -0.15) is 0 Å². The van der Waals surface area contributed by atoms with Crippen molar-refractivity contribution in [2.75, 3.05) is 38.1 Å². The molecule has 2 rings (SSSR count). The molecule has 0 saturated carbocycles. The normalized spacial score (nSPS) is 17.6. The highest BCUT2D eigenvalue weighted by atomic mass is 15.2. The molecule has 1 aliphatic heterocycles. The number of anilines is 1. The molecule has 0 aliphatic carbocycles. The Balaban J connectivity index is 1.86. The zero-order valence-corrected chi connectivity index (χ0v) is 12.2. The minimum atomic E-state index is 0.0592. The maximum atomic E-state index is 5.98. The SMILES string of the molecule is CCC(N)c1ccc(N(C)CCN2CCCC2)cn1. The lowest BCUT2D eigenvalue weighted by atomic mass is 10.1. The summed E-state index contributed by atoms with van der Waals surface area (Å²) in [7, 11) is 2.13. The van der Waals surface area contributed by atoms with Gasteiger partial charge in [-0.25, -0.2) is 0 Å². The molecule has 1 unspecified atom stereocenters. The largest absolute Gasteiger partial charge is 0.372 e. The van der Waals surface area contributed by atoms with Gasteiger partial charge in [0.1, 0.15) is 0 Å². The fourth-order valence-electron chi connectivity index (χ4n) is 2.48. The van der Waals surface area contributed by atoms with Crippen molar-refractivity contribution in [3.63, 3.8) is 0 Å². The summed E-state index contributed by atoms with van der Waals surface area (Å²) in [6.07, 6.45) is 5.58. The summed E-state index contributed by atoms with van der Waals surface area (Å²) in [5.74, 6) is 0. The minimum Gasteiger partial charge on any atom is -0.372 e. The van der Waals surface area contributed by atoms with E-state index in [4.69, 9.17) is 5.73 Å². The number of nitrogens with zero attached hydrogens (tertiary/aromatic N) is 3. The number of pyridine rings is 1. The molecule has 1 aromatic heterocycles. The number of aromatic nitrogens is 1. The van der Waals surface area contributed by atoms with Crippen LogP contribution in [0, 0.1) is 0 Å². The molecule has 0 radical (unpaired) electrons. The van der Waals surface area contributed by atoms with Crippen molar-refractivity contribution in [1.29, 1.82) is 0 Å². The first-order chi connectivity index (χ1) is 9.20. The zero-order chi connectivity index (χ0) is 13.7. The third kappa shape index (κ3) is 3.91. The van der Waals surface area contributed by atoms with Crippen LogP contribution in [0.5, 0.6) is 0 Å². The fraction of sp³-hybridized carbons (Fsp3) is 0.667. The topological polar surface area (TPSA) is 45.4 Å². The average Bonchev–Trinajstić information content (AvgIpc) is 2.97. The van der Waals surface area contributed by atoms with E-state index in [9.17, 15) is 0 Å². The average molecular weight is 262 g/mol. The van der Waals surface area contributed by atoms with Crippen molar-refractivity contribution in [2.45, 2.75) is 32.2 Å². The predicted molar refractivity (Wildman–Crippen MR) is 80.4 cm³/mol. The molecule has 0 bridgehead atoms. The lowest BCUT2D eigenvalue weighted by molar-refractivity contribution is 0.346.